The molecule has 1 aromatic carbocycles. The number of nitro groups is 1. The number of methoxy groups -OCH3 is 1. The van der Waals surface area contributed by atoms with Crippen LogP contribution in [0.15, 0.2) is 18.2 Å². The molecule has 6 nitrogen and oxygen atoms in total. The van der Waals surface area contributed by atoms with Gasteiger partial charge in [0.05, 0.1) is 23.7 Å². The fraction of sp³-hybridized carbons (Fsp3) is 0.562. The Kier molecular flexibility index (Phi) is 7.36. The summed E-state index contributed by atoms with van der Waals surface area (Å²) in [5.41, 5.74) is -0.0829. The highest BCUT2D eigenvalue weighted by atomic mass is 16.6. The number of carbonyl (C=O) groups is 1. The van der Waals surface area contributed by atoms with Crippen molar-refractivity contribution in [3.05, 3.63) is 33.9 Å². The average Bonchev–Trinajstić information content (AvgIpc) is 2.51. The summed E-state index contributed by atoms with van der Waals surface area (Å²) in [5.74, 6) is -0.428. The van der Waals surface area contributed by atoms with E-state index in [1.54, 1.807) is 0 Å². The van der Waals surface area contributed by atoms with Crippen LogP contribution in [0.1, 0.15) is 56.3 Å². The van der Waals surface area contributed by atoms with Crippen LogP contribution < -0.4 is 4.74 Å². The lowest BCUT2D eigenvalue weighted by Crippen LogP contribution is -2.13. The molecular weight excluding hydrogens is 286 g/mol. The van der Waals surface area contributed by atoms with Gasteiger partial charge >= 0.3 is 11.7 Å². The topological polar surface area (TPSA) is 78.7 Å². The van der Waals surface area contributed by atoms with Crippen LogP contribution in [0.4, 0.5) is 5.69 Å². The van der Waals surface area contributed by atoms with Crippen LogP contribution in [0.2, 0.25) is 0 Å². The van der Waals surface area contributed by atoms with Crippen LogP contribution in [0, 0.1) is 10.1 Å². The SMILES string of the molecule is CCCCCC[C@H](C)Oc1ccc(C(=O)OC)cc1[N+](=O)[O-]. The monoisotopic (exact) mass is 309 g/mol. The van der Waals surface area contributed by atoms with Crippen molar-refractivity contribution in [2.75, 3.05) is 7.11 Å². The van der Waals surface area contributed by atoms with Crippen LogP contribution in [-0.2, 0) is 4.74 Å². The van der Waals surface area contributed by atoms with E-state index >= 15 is 0 Å². The molecule has 1 rings (SSSR count). The second kappa shape index (κ2) is 9.02. The molecule has 0 saturated heterocycles. The number of rotatable bonds is 9. The van der Waals surface area contributed by atoms with Gasteiger partial charge in [-0.25, -0.2) is 4.79 Å². The number of hydrogen-bond donors (Lipinski definition) is 0. The molecule has 1 atom stereocenters. The molecule has 6 heteroatoms. The highest BCUT2D eigenvalue weighted by Gasteiger charge is 2.20. The number of esters is 1. The Balaban J connectivity index is 2.77. The van der Waals surface area contributed by atoms with Gasteiger partial charge in [0.25, 0.3) is 0 Å². The van der Waals surface area contributed by atoms with Gasteiger partial charge in [-0.15, -0.1) is 0 Å². The van der Waals surface area contributed by atoms with E-state index in [0.29, 0.717) is 0 Å². The molecule has 0 N–H and O–H groups in total. The lowest BCUT2D eigenvalue weighted by Gasteiger charge is -2.15. The molecule has 0 aliphatic carbocycles. The van der Waals surface area contributed by atoms with Crippen LogP contribution >= 0.6 is 0 Å². The fourth-order valence-corrected chi connectivity index (χ4v) is 2.14. The fourth-order valence-electron chi connectivity index (χ4n) is 2.14. The quantitative estimate of drug-likeness (QED) is 0.297. The number of unbranched alkanes of at least 4 members (excludes halogenated alkanes) is 3. The number of nitro benzene ring substituents is 1. The van der Waals surface area contributed by atoms with E-state index in [-0.39, 0.29) is 23.1 Å². The summed E-state index contributed by atoms with van der Waals surface area (Å²) in [6.07, 6.45) is 5.24. The van der Waals surface area contributed by atoms with Crippen molar-refractivity contribution in [1.29, 1.82) is 0 Å². The van der Waals surface area contributed by atoms with Gasteiger partial charge in [0.1, 0.15) is 0 Å². The Morgan fingerprint density at radius 2 is 2.05 bits per heavy atom. The van der Waals surface area contributed by atoms with E-state index in [1.165, 1.54) is 31.7 Å². The Bertz CT molecular complexity index is 515. The lowest BCUT2D eigenvalue weighted by molar-refractivity contribution is -0.386. The van der Waals surface area contributed by atoms with Gasteiger partial charge < -0.3 is 9.47 Å². The molecule has 0 spiro atoms. The van der Waals surface area contributed by atoms with Crippen molar-refractivity contribution < 1.29 is 19.2 Å². The number of ether oxygens (including phenoxy) is 2. The van der Waals surface area contributed by atoms with Crippen LogP contribution in [0.3, 0.4) is 0 Å². The minimum Gasteiger partial charge on any atom is -0.484 e. The number of nitrogens with zero attached hydrogens (tertiary/aromatic N) is 1. The minimum atomic E-state index is -0.609. The van der Waals surface area contributed by atoms with Gasteiger partial charge in [0.2, 0.25) is 0 Å². The highest BCUT2D eigenvalue weighted by Crippen LogP contribution is 2.29. The van der Waals surface area contributed by atoms with Crippen LogP contribution in [-0.4, -0.2) is 24.1 Å². The molecular formula is C16H23NO5. The Morgan fingerprint density at radius 1 is 1.32 bits per heavy atom. The largest absolute Gasteiger partial charge is 0.484 e. The van der Waals surface area contributed by atoms with Gasteiger partial charge in [-0.2, -0.15) is 0 Å². The first kappa shape index (κ1) is 17.9. The Labute approximate surface area is 130 Å². The second-order valence-corrected chi connectivity index (χ2v) is 5.21. The zero-order valence-corrected chi connectivity index (χ0v) is 13.3. The maximum Gasteiger partial charge on any atom is 0.338 e. The Hall–Kier alpha value is -2.11. The molecule has 0 aliphatic rings. The summed E-state index contributed by atoms with van der Waals surface area (Å²) in [7, 11) is 1.23. The van der Waals surface area contributed by atoms with Crippen molar-refractivity contribution >= 4 is 11.7 Å². The highest BCUT2D eigenvalue weighted by molar-refractivity contribution is 5.90. The molecule has 0 unspecified atom stereocenters. The Morgan fingerprint density at radius 3 is 2.64 bits per heavy atom. The molecule has 0 aliphatic heterocycles. The smallest absolute Gasteiger partial charge is 0.338 e. The predicted molar refractivity (Wildman–Crippen MR) is 83.3 cm³/mol. The maximum atomic E-state index is 11.4. The second-order valence-electron chi connectivity index (χ2n) is 5.21. The molecule has 0 saturated carbocycles. The van der Waals surface area contributed by atoms with E-state index in [1.807, 2.05) is 6.92 Å². The first-order valence-electron chi connectivity index (χ1n) is 7.53. The van der Waals surface area contributed by atoms with E-state index in [9.17, 15) is 14.9 Å². The average molecular weight is 309 g/mol. The number of carbonyl (C=O) groups excluding carboxylic acids is 1. The summed E-state index contributed by atoms with van der Waals surface area (Å²) in [6, 6.07) is 4.11. The van der Waals surface area contributed by atoms with Crippen molar-refractivity contribution in [1.82, 2.24) is 0 Å². The molecule has 0 bridgehead atoms. The lowest BCUT2D eigenvalue weighted by atomic mass is 10.1. The molecule has 0 heterocycles. The summed E-state index contributed by atoms with van der Waals surface area (Å²) in [5, 5.41) is 11.1. The van der Waals surface area contributed by atoms with E-state index in [2.05, 4.69) is 11.7 Å². The molecule has 122 valence electrons. The third-order valence-corrected chi connectivity index (χ3v) is 3.37. The number of hydrogen-bond acceptors (Lipinski definition) is 5. The van der Waals surface area contributed by atoms with Gasteiger partial charge in [0.15, 0.2) is 5.75 Å². The normalized spacial score (nSPS) is 11.8. The summed E-state index contributed by atoms with van der Waals surface area (Å²) in [4.78, 5) is 22.0. The summed E-state index contributed by atoms with van der Waals surface area (Å²) < 4.78 is 10.2. The third kappa shape index (κ3) is 5.35. The standard InChI is InChI=1S/C16H23NO5/c1-4-5-6-7-8-12(2)22-15-10-9-13(16(18)21-3)11-14(15)17(19)20/h9-12H,4-8H2,1-3H3/t12-/m0/s1. The molecule has 0 aromatic heterocycles. The number of benzene rings is 1. The van der Waals surface area contributed by atoms with Crippen LogP contribution in [0.5, 0.6) is 5.75 Å². The van der Waals surface area contributed by atoms with E-state index < -0.39 is 10.9 Å². The first-order chi connectivity index (χ1) is 10.5. The van der Waals surface area contributed by atoms with Gasteiger partial charge in [0, 0.05) is 6.07 Å². The summed E-state index contributed by atoms with van der Waals surface area (Å²) in [6.45, 7) is 4.04. The van der Waals surface area contributed by atoms with Crippen molar-refractivity contribution in [2.24, 2.45) is 0 Å². The van der Waals surface area contributed by atoms with Crippen molar-refractivity contribution in [3.63, 3.8) is 0 Å². The minimum absolute atomic E-state index is 0.112. The molecule has 0 amide bonds. The van der Waals surface area contributed by atoms with Gasteiger partial charge in [-0.05, 0) is 31.9 Å². The van der Waals surface area contributed by atoms with E-state index in [4.69, 9.17) is 4.74 Å². The van der Waals surface area contributed by atoms with Crippen molar-refractivity contribution in [3.8, 4) is 5.75 Å². The van der Waals surface area contributed by atoms with Crippen molar-refractivity contribution in [2.45, 2.75) is 52.1 Å². The maximum absolute atomic E-state index is 11.4. The molecule has 0 radical (unpaired) electrons. The zero-order valence-electron chi connectivity index (χ0n) is 13.3. The van der Waals surface area contributed by atoms with E-state index in [0.717, 1.165) is 25.7 Å². The van der Waals surface area contributed by atoms with Gasteiger partial charge in [-0.1, -0.05) is 26.2 Å². The van der Waals surface area contributed by atoms with Crippen LogP contribution in [0.25, 0.3) is 0 Å². The third-order valence-electron chi connectivity index (χ3n) is 3.37. The molecule has 0 fully saturated rings. The summed E-state index contributed by atoms with van der Waals surface area (Å²) >= 11 is 0. The molecule has 1 aromatic rings. The predicted octanol–water partition coefficient (Wildman–Crippen LogP) is 4.12. The zero-order chi connectivity index (χ0) is 16.5. The first-order valence-corrected chi connectivity index (χ1v) is 7.53. The molecule has 22 heavy (non-hydrogen) atoms. The van der Waals surface area contributed by atoms with Gasteiger partial charge in [-0.3, -0.25) is 10.1 Å².